The van der Waals surface area contributed by atoms with E-state index in [0.717, 1.165) is 47.8 Å². The average molecular weight is 896 g/mol. The summed E-state index contributed by atoms with van der Waals surface area (Å²) in [6.45, 7) is 44.6. The van der Waals surface area contributed by atoms with E-state index in [2.05, 4.69) is 127 Å². The van der Waals surface area contributed by atoms with Gasteiger partial charge in [-0.25, -0.2) is 0 Å². The Balaban J connectivity index is 0.000000161. The first kappa shape index (κ1) is 54.7. The van der Waals surface area contributed by atoms with Gasteiger partial charge in [-0.3, -0.25) is 9.80 Å². The van der Waals surface area contributed by atoms with Crippen LogP contribution in [0.4, 0.5) is 0 Å². The van der Waals surface area contributed by atoms with E-state index >= 15 is 0 Å². The molecule has 8 rings (SSSR count). The summed E-state index contributed by atoms with van der Waals surface area (Å²) >= 11 is 0. The summed E-state index contributed by atoms with van der Waals surface area (Å²) < 4.78 is 0. The Morgan fingerprint density at radius 3 is 0.734 bits per heavy atom. The Morgan fingerprint density at radius 2 is 0.484 bits per heavy atom. The molecule has 64 heavy (non-hydrogen) atoms. The maximum absolute atomic E-state index is 2.78. The fourth-order valence-electron chi connectivity index (χ4n) is 13.5. The van der Waals surface area contributed by atoms with Gasteiger partial charge < -0.3 is 19.6 Å². The van der Waals surface area contributed by atoms with E-state index in [1.807, 2.05) is 0 Å². The summed E-state index contributed by atoms with van der Waals surface area (Å²) in [6, 6.07) is 3.66. The molecule has 6 nitrogen and oxygen atoms in total. The molecule has 4 saturated carbocycles. The average Bonchev–Trinajstić information content (AvgIpc) is 3.24. The van der Waals surface area contributed by atoms with Crippen LogP contribution in [0, 0.1) is 45.3 Å². The van der Waals surface area contributed by atoms with Crippen LogP contribution in [0.5, 0.6) is 0 Å². The van der Waals surface area contributed by atoms with E-state index < -0.39 is 0 Å². The Kier molecular flexibility index (Phi) is 21.4. The standard InChI is InChI=1S/C15H30N2.2C15H29N.C13H26N2/c1-15(2,3)13-5-7-14(8-6-13)17-11-9-16(4)10-12-17;2*1-15(2,3)13-7-9-14(10-8-13)16-11-5-4-6-12-16;1-13(2,3)11-9-12(10-11)15-7-5-14(4)6-8-15/h13-14H,5-12H2,1-4H3;2*13-14H,4-12H2,1-3H3;11-12H,5-10H2,1-4H3. The first-order valence-corrected chi connectivity index (χ1v) is 28.4. The molecular weight excluding hydrogens is 781 g/mol. The van der Waals surface area contributed by atoms with Gasteiger partial charge in [0, 0.05) is 76.5 Å². The number of likely N-dealkylation sites (N-methyl/N-ethyl adjacent to an activating group) is 2. The zero-order chi connectivity index (χ0) is 46.7. The second-order valence-electron chi connectivity index (χ2n) is 27.7. The summed E-state index contributed by atoms with van der Waals surface area (Å²) in [5, 5.41) is 0. The largest absolute Gasteiger partial charge is 0.304 e. The molecule has 0 N–H and O–H groups in total. The molecule has 8 aliphatic rings. The van der Waals surface area contributed by atoms with Crippen molar-refractivity contribution in [2.24, 2.45) is 45.3 Å². The van der Waals surface area contributed by atoms with Crippen molar-refractivity contribution in [2.75, 3.05) is 92.6 Å². The first-order chi connectivity index (χ1) is 30.1. The lowest BCUT2D eigenvalue weighted by atomic mass is 9.65. The molecule has 4 aliphatic carbocycles. The second-order valence-corrected chi connectivity index (χ2v) is 27.7. The number of rotatable bonds is 4. The molecule has 0 aromatic carbocycles. The number of piperidine rings is 2. The minimum Gasteiger partial charge on any atom is -0.304 e. The van der Waals surface area contributed by atoms with Crippen LogP contribution < -0.4 is 0 Å². The smallest absolute Gasteiger partial charge is 0.0113 e. The summed E-state index contributed by atoms with van der Waals surface area (Å²) in [7, 11) is 4.48. The van der Waals surface area contributed by atoms with Gasteiger partial charge >= 0.3 is 0 Å². The maximum Gasteiger partial charge on any atom is 0.0113 e. The lowest BCUT2D eigenvalue weighted by Crippen LogP contribution is -2.54. The lowest BCUT2D eigenvalue weighted by molar-refractivity contribution is 0.0000290. The van der Waals surface area contributed by atoms with E-state index in [-0.39, 0.29) is 0 Å². The fourth-order valence-corrected chi connectivity index (χ4v) is 13.5. The summed E-state index contributed by atoms with van der Waals surface area (Å²) in [5.74, 6) is 3.84. The van der Waals surface area contributed by atoms with E-state index in [0.29, 0.717) is 21.7 Å². The van der Waals surface area contributed by atoms with Crippen LogP contribution in [0.2, 0.25) is 0 Å². The molecule has 4 heterocycles. The Labute approximate surface area is 401 Å². The Hall–Kier alpha value is -0.240. The highest BCUT2D eigenvalue weighted by molar-refractivity contribution is 4.94. The van der Waals surface area contributed by atoms with Gasteiger partial charge in [-0.2, -0.15) is 0 Å². The molecule has 4 aliphatic heterocycles. The normalized spacial score (nSPS) is 34.2. The molecule has 0 aromatic rings. The van der Waals surface area contributed by atoms with Gasteiger partial charge in [0.05, 0.1) is 0 Å². The highest BCUT2D eigenvalue weighted by atomic mass is 15.3. The van der Waals surface area contributed by atoms with E-state index in [9.17, 15) is 0 Å². The fraction of sp³-hybridized carbons (Fsp3) is 1.00. The molecule has 0 unspecified atom stereocenters. The van der Waals surface area contributed by atoms with Gasteiger partial charge in [-0.1, -0.05) is 95.9 Å². The summed E-state index contributed by atoms with van der Waals surface area (Å²) in [4.78, 5) is 15.9. The van der Waals surface area contributed by atoms with Crippen molar-refractivity contribution < 1.29 is 0 Å². The highest BCUT2D eigenvalue weighted by Crippen LogP contribution is 2.44. The van der Waals surface area contributed by atoms with E-state index in [4.69, 9.17) is 0 Å². The van der Waals surface area contributed by atoms with Crippen LogP contribution in [0.15, 0.2) is 0 Å². The van der Waals surface area contributed by atoms with Crippen molar-refractivity contribution in [1.29, 1.82) is 0 Å². The maximum atomic E-state index is 2.78. The minimum absolute atomic E-state index is 0.521. The van der Waals surface area contributed by atoms with Crippen LogP contribution >= 0.6 is 0 Å². The van der Waals surface area contributed by atoms with Gasteiger partial charge in [0.1, 0.15) is 0 Å². The number of likely N-dealkylation sites (tertiary alicyclic amines) is 2. The Morgan fingerprint density at radius 1 is 0.250 bits per heavy atom. The number of piperazine rings is 2. The molecule has 0 amide bonds. The SMILES string of the molecule is CC(C)(C)C1CCC(N2CCCCC2)CC1.CC(C)(C)C1CCC(N2CCCCC2)CC1.CN1CCN(C2CC(C(C)(C)C)C2)CC1.CN1CCN(C2CCC(C(C)(C)C)CC2)CC1. The summed E-state index contributed by atoms with van der Waals surface area (Å²) in [6.07, 6.45) is 29.0. The lowest BCUT2D eigenvalue weighted by Gasteiger charge is -2.50. The monoisotopic (exact) mass is 895 g/mol. The summed E-state index contributed by atoms with van der Waals surface area (Å²) in [5.41, 5.74) is 2.12. The van der Waals surface area contributed by atoms with Crippen LogP contribution in [0.1, 0.15) is 212 Å². The molecule has 0 spiro atoms. The van der Waals surface area contributed by atoms with Crippen LogP contribution in [-0.4, -0.2) is 146 Å². The number of hydrogen-bond acceptors (Lipinski definition) is 6. The minimum atomic E-state index is 0.521. The molecule has 6 heteroatoms. The molecular formula is C58H114N6. The third kappa shape index (κ3) is 17.6. The molecule has 4 saturated heterocycles. The van der Waals surface area contributed by atoms with Crippen molar-refractivity contribution >= 4 is 0 Å². The first-order valence-electron chi connectivity index (χ1n) is 28.4. The molecule has 0 aromatic heterocycles. The molecule has 0 atom stereocenters. The van der Waals surface area contributed by atoms with Crippen LogP contribution in [0.25, 0.3) is 0 Å². The van der Waals surface area contributed by atoms with Crippen molar-refractivity contribution in [2.45, 2.75) is 236 Å². The van der Waals surface area contributed by atoms with Gasteiger partial charge in [-0.05, 0) is 201 Å². The number of nitrogens with zero attached hydrogens (tertiary/aromatic N) is 6. The zero-order valence-electron chi connectivity index (χ0n) is 45.9. The molecule has 0 bridgehead atoms. The molecule has 8 fully saturated rings. The van der Waals surface area contributed by atoms with Crippen LogP contribution in [0.3, 0.4) is 0 Å². The van der Waals surface area contributed by atoms with Crippen molar-refractivity contribution in [3.05, 3.63) is 0 Å². The van der Waals surface area contributed by atoms with Crippen LogP contribution in [-0.2, 0) is 0 Å². The third-order valence-corrected chi connectivity index (χ3v) is 19.0. The van der Waals surface area contributed by atoms with Gasteiger partial charge in [0.2, 0.25) is 0 Å². The quantitative estimate of drug-likeness (QED) is 0.278. The predicted octanol–water partition coefficient (Wildman–Crippen LogP) is 13.1. The van der Waals surface area contributed by atoms with Gasteiger partial charge in [-0.15, -0.1) is 0 Å². The topological polar surface area (TPSA) is 19.4 Å². The van der Waals surface area contributed by atoms with E-state index in [1.54, 1.807) is 0 Å². The van der Waals surface area contributed by atoms with Gasteiger partial charge in [0.25, 0.3) is 0 Å². The predicted molar refractivity (Wildman–Crippen MR) is 281 cm³/mol. The highest BCUT2D eigenvalue weighted by Gasteiger charge is 2.40. The Bertz CT molecular complexity index is 1180. The molecule has 0 radical (unpaired) electrons. The van der Waals surface area contributed by atoms with E-state index in [1.165, 1.54) is 207 Å². The van der Waals surface area contributed by atoms with Crippen molar-refractivity contribution in [3.8, 4) is 0 Å². The van der Waals surface area contributed by atoms with Gasteiger partial charge in [0.15, 0.2) is 0 Å². The van der Waals surface area contributed by atoms with Crippen molar-refractivity contribution in [1.82, 2.24) is 29.4 Å². The second kappa shape index (κ2) is 25.0. The number of hydrogen-bond donors (Lipinski definition) is 0. The van der Waals surface area contributed by atoms with Crippen molar-refractivity contribution in [3.63, 3.8) is 0 Å². The third-order valence-electron chi connectivity index (χ3n) is 19.0. The molecule has 376 valence electrons. The zero-order valence-corrected chi connectivity index (χ0v) is 45.9.